The lowest BCUT2D eigenvalue weighted by Crippen LogP contribution is -2.30. The number of guanidine groups is 1. The minimum Gasteiger partial charge on any atom is -0.370 e. The van der Waals surface area contributed by atoms with E-state index in [0.29, 0.717) is 6.54 Å². The molecule has 0 saturated heterocycles. The number of nitrogens with one attached hydrogen (secondary N) is 1. The molecule has 0 unspecified atom stereocenters. The summed E-state index contributed by atoms with van der Waals surface area (Å²) in [6.45, 7) is 2.64. The van der Waals surface area contributed by atoms with Crippen molar-refractivity contribution in [3.05, 3.63) is 30.3 Å². The van der Waals surface area contributed by atoms with Crippen LogP contribution in [-0.2, 0) is 4.79 Å². The molecule has 0 aliphatic rings. The van der Waals surface area contributed by atoms with Gasteiger partial charge in [0.25, 0.3) is 0 Å². The maximum Gasteiger partial charge on any atom is 0.244 e. The van der Waals surface area contributed by atoms with Gasteiger partial charge in [-0.05, 0) is 19.1 Å². The van der Waals surface area contributed by atoms with Crippen molar-refractivity contribution < 1.29 is 4.79 Å². The van der Waals surface area contributed by atoms with Crippen LogP contribution in [0, 0.1) is 0 Å². The van der Waals surface area contributed by atoms with Gasteiger partial charge in [0.2, 0.25) is 5.91 Å². The van der Waals surface area contributed by atoms with Gasteiger partial charge in [-0.1, -0.05) is 18.2 Å². The Morgan fingerprint density at radius 2 is 2.06 bits per heavy atom. The lowest BCUT2D eigenvalue weighted by Gasteiger charge is -2.12. The fourth-order valence-corrected chi connectivity index (χ4v) is 1.16. The Balaban J connectivity index is 2.48. The Labute approximate surface area is 101 Å². The molecule has 5 heteroatoms. The Bertz CT molecular complexity index is 389. The number of nitrogens with two attached hydrogens (primary N) is 1. The van der Waals surface area contributed by atoms with Crippen LogP contribution in [0.15, 0.2) is 35.3 Å². The highest BCUT2D eigenvalue weighted by atomic mass is 16.2. The fraction of sp³-hybridized carbons (Fsp3) is 0.333. The normalized spacial score (nSPS) is 11.1. The van der Waals surface area contributed by atoms with Gasteiger partial charge in [0.1, 0.15) is 6.54 Å². The maximum atomic E-state index is 11.5. The number of aliphatic imine (C=N–C) groups is 1. The molecule has 0 atom stereocenters. The van der Waals surface area contributed by atoms with Crippen LogP contribution in [0.5, 0.6) is 0 Å². The van der Waals surface area contributed by atoms with E-state index in [1.54, 1.807) is 11.9 Å². The van der Waals surface area contributed by atoms with Crippen molar-refractivity contribution >= 4 is 17.6 Å². The van der Waals surface area contributed by atoms with Crippen molar-refractivity contribution in [1.29, 1.82) is 0 Å². The number of para-hydroxylation sites is 1. The summed E-state index contributed by atoms with van der Waals surface area (Å²) in [5, 5.41) is 2.91. The van der Waals surface area contributed by atoms with E-state index in [4.69, 9.17) is 5.73 Å². The van der Waals surface area contributed by atoms with Crippen molar-refractivity contribution in [2.24, 2.45) is 10.7 Å². The molecule has 1 rings (SSSR count). The molecule has 17 heavy (non-hydrogen) atoms. The molecule has 0 aliphatic carbocycles. The van der Waals surface area contributed by atoms with Gasteiger partial charge in [0, 0.05) is 19.3 Å². The highest BCUT2D eigenvalue weighted by molar-refractivity contribution is 5.93. The zero-order valence-electron chi connectivity index (χ0n) is 10.2. The molecule has 1 aromatic rings. The zero-order valence-corrected chi connectivity index (χ0v) is 10.2. The van der Waals surface area contributed by atoms with E-state index >= 15 is 0 Å². The average Bonchev–Trinajstić information content (AvgIpc) is 2.36. The lowest BCUT2D eigenvalue weighted by molar-refractivity contribution is -0.128. The molecule has 0 aliphatic heterocycles. The topological polar surface area (TPSA) is 70.7 Å². The van der Waals surface area contributed by atoms with Crippen LogP contribution in [0.3, 0.4) is 0 Å². The molecule has 1 aromatic carbocycles. The van der Waals surface area contributed by atoms with Crippen molar-refractivity contribution in [1.82, 2.24) is 4.90 Å². The summed E-state index contributed by atoms with van der Waals surface area (Å²) in [5.41, 5.74) is 6.52. The maximum absolute atomic E-state index is 11.5. The number of carbonyl (C=O) groups excluding carboxylic acids is 1. The average molecular weight is 234 g/mol. The number of nitrogens with zero attached hydrogens (tertiary/aromatic N) is 2. The van der Waals surface area contributed by atoms with E-state index in [1.165, 1.54) is 0 Å². The number of hydrogen-bond donors (Lipinski definition) is 2. The van der Waals surface area contributed by atoms with Gasteiger partial charge in [-0.2, -0.15) is 0 Å². The number of hydrogen-bond acceptors (Lipinski definition) is 2. The molecule has 3 N–H and O–H groups in total. The number of carbonyl (C=O) groups is 1. The molecule has 92 valence electrons. The van der Waals surface area contributed by atoms with Gasteiger partial charge in [-0.25, -0.2) is 4.99 Å². The predicted octanol–water partition coefficient (Wildman–Crippen LogP) is 0.891. The van der Waals surface area contributed by atoms with Crippen LogP contribution in [-0.4, -0.2) is 36.9 Å². The smallest absolute Gasteiger partial charge is 0.244 e. The molecule has 0 aromatic heterocycles. The van der Waals surface area contributed by atoms with Gasteiger partial charge in [0.05, 0.1) is 0 Å². The lowest BCUT2D eigenvalue weighted by atomic mass is 10.3. The SMILES string of the molecule is CCN(C)C(=O)CN=C(N)Nc1ccccc1. The third-order valence-electron chi connectivity index (χ3n) is 2.33. The Morgan fingerprint density at radius 1 is 1.41 bits per heavy atom. The zero-order chi connectivity index (χ0) is 12.7. The Hall–Kier alpha value is -2.04. The van der Waals surface area contributed by atoms with Crippen LogP contribution in [0.2, 0.25) is 0 Å². The summed E-state index contributed by atoms with van der Waals surface area (Å²) in [6.07, 6.45) is 0. The van der Waals surface area contributed by atoms with E-state index in [0.717, 1.165) is 5.69 Å². The first-order valence-electron chi connectivity index (χ1n) is 5.49. The number of amides is 1. The molecule has 1 amide bonds. The molecular weight excluding hydrogens is 216 g/mol. The van der Waals surface area contributed by atoms with E-state index in [1.807, 2.05) is 37.3 Å². The third-order valence-corrected chi connectivity index (χ3v) is 2.33. The summed E-state index contributed by atoms with van der Waals surface area (Å²) in [7, 11) is 1.73. The van der Waals surface area contributed by atoms with Crippen LogP contribution < -0.4 is 11.1 Å². The van der Waals surface area contributed by atoms with Crippen molar-refractivity contribution in [2.45, 2.75) is 6.92 Å². The molecule has 0 fully saturated rings. The first-order valence-corrected chi connectivity index (χ1v) is 5.49. The summed E-state index contributed by atoms with van der Waals surface area (Å²) >= 11 is 0. The molecule has 0 spiro atoms. The Kier molecular flexibility index (Phi) is 5.00. The predicted molar refractivity (Wildman–Crippen MR) is 69.9 cm³/mol. The van der Waals surface area contributed by atoms with Gasteiger partial charge in [-0.3, -0.25) is 4.79 Å². The first-order chi connectivity index (χ1) is 8.13. The standard InChI is InChI=1S/C12H18N4O/c1-3-16(2)11(17)9-14-12(13)15-10-7-5-4-6-8-10/h4-8H,3,9H2,1-2H3,(H3,13,14,15). The molecule has 0 heterocycles. The van der Waals surface area contributed by atoms with Gasteiger partial charge < -0.3 is 16.0 Å². The highest BCUT2D eigenvalue weighted by Gasteiger charge is 2.04. The van der Waals surface area contributed by atoms with Crippen LogP contribution >= 0.6 is 0 Å². The van der Waals surface area contributed by atoms with Crippen LogP contribution in [0.1, 0.15) is 6.92 Å². The van der Waals surface area contributed by atoms with Crippen LogP contribution in [0.25, 0.3) is 0 Å². The second kappa shape index (κ2) is 6.52. The molecule has 0 saturated carbocycles. The van der Waals surface area contributed by atoms with Crippen LogP contribution in [0.4, 0.5) is 5.69 Å². The molecule has 5 nitrogen and oxygen atoms in total. The molecule has 0 bridgehead atoms. The Morgan fingerprint density at radius 3 is 2.65 bits per heavy atom. The second-order valence-corrected chi connectivity index (χ2v) is 3.60. The molecular formula is C12H18N4O. The largest absolute Gasteiger partial charge is 0.370 e. The highest BCUT2D eigenvalue weighted by Crippen LogP contribution is 2.03. The summed E-state index contributed by atoms with van der Waals surface area (Å²) in [4.78, 5) is 17.0. The number of rotatable bonds is 4. The third kappa shape index (κ3) is 4.55. The fourth-order valence-electron chi connectivity index (χ4n) is 1.16. The van der Waals surface area contributed by atoms with E-state index < -0.39 is 0 Å². The van der Waals surface area contributed by atoms with E-state index in [2.05, 4.69) is 10.3 Å². The van der Waals surface area contributed by atoms with Gasteiger partial charge >= 0.3 is 0 Å². The van der Waals surface area contributed by atoms with Crippen molar-refractivity contribution in [2.75, 3.05) is 25.5 Å². The van der Waals surface area contributed by atoms with Crippen molar-refractivity contribution in [3.8, 4) is 0 Å². The number of likely N-dealkylation sites (N-methyl/N-ethyl adjacent to an activating group) is 1. The van der Waals surface area contributed by atoms with Gasteiger partial charge in [-0.15, -0.1) is 0 Å². The van der Waals surface area contributed by atoms with Gasteiger partial charge in [0.15, 0.2) is 5.96 Å². The second-order valence-electron chi connectivity index (χ2n) is 3.60. The van der Waals surface area contributed by atoms with E-state index in [9.17, 15) is 4.79 Å². The quantitative estimate of drug-likeness (QED) is 0.600. The first kappa shape index (κ1) is 13.0. The molecule has 0 radical (unpaired) electrons. The minimum atomic E-state index is -0.0506. The number of anilines is 1. The van der Waals surface area contributed by atoms with Crippen molar-refractivity contribution in [3.63, 3.8) is 0 Å². The summed E-state index contributed by atoms with van der Waals surface area (Å²) < 4.78 is 0. The van der Waals surface area contributed by atoms with E-state index in [-0.39, 0.29) is 18.4 Å². The monoisotopic (exact) mass is 234 g/mol. The minimum absolute atomic E-state index is 0.0506. The summed E-state index contributed by atoms with van der Waals surface area (Å²) in [6, 6.07) is 9.46. The number of benzene rings is 1. The summed E-state index contributed by atoms with van der Waals surface area (Å²) in [5.74, 6) is 0.194.